The van der Waals surface area contributed by atoms with Crippen molar-refractivity contribution in [3.63, 3.8) is 0 Å². The first-order valence-corrected chi connectivity index (χ1v) is 4.30. The van der Waals surface area contributed by atoms with Crippen LogP contribution in [0, 0.1) is 6.92 Å². The summed E-state index contributed by atoms with van der Waals surface area (Å²) in [6.07, 6.45) is 4.43. The molecule has 3 nitrogen and oxygen atoms in total. The molecule has 1 aromatic rings. The molecule has 64 valence electrons. The number of hydrogen-bond acceptors (Lipinski definition) is 3. The fraction of sp³-hybridized carbons (Fsp3) is 0.556. The molecule has 0 aliphatic heterocycles. The van der Waals surface area contributed by atoms with E-state index in [4.69, 9.17) is 0 Å². The van der Waals surface area contributed by atoms with E-state index in [2.05, 4.69) is 21.9 Å². The van der Waals surface area contributed by atoms with Gasteiger partial charge in [-0.2, -0.15) is 0 Å². The first-order valence-electron chi connectivity index (χ1n) is 4.30. The molecule has 0 saturated heterocycles. The van der Waals surface area contributed by atoms with E-state index in [-0.39, 0.29) is 0 Å². The molecule has 12 heavy (non-hydrogen) atoms. The van der Waals surface area contributed by atoms with E-state index >= 15 is 0 Å². The highest BCUT2D eigenvalue weighted by Gasteiger charge is 2.26. The summed E-state index contributed by atoms with van der Waals surface area (Å²) in [6, 6.07) is 2.69. The molecule has 0 radical (unpaired) electrons. The lowest BCUT2D eigenvalue weighted by atomic mass is 10.5. The Morgan fingerprint density at radius 1 is 1.50 bits per heavy atom. The summed E-state index contributed by atoms with van der Waals surface area (Å²) < 4.78 is 0. The minimum Gasteiger partial charge on any atom is -0.357 e. The molecule has 0 aromatic carbocycles. The van der Waals surface area contributed by atoms with Gasteiger partial charge in [0.15, 0.2) is 0 Å². The number of aryl methyl sites for hydroxylation is 1. The molecule has 0 bridgehead atoms. The van der Waals surface area contributed by atoms with Crippen LogP contribution in [-0.2, 0) is 0 Å². The third-order valence-corrected chi connectivity index (χ3v) is 2.22. The Hall–Kier alpha value is -1.12. The smallest absolute Gasteiger partial charge is 0.132 e. The molecule has 0 spiro atoms. The molecule has 0 amide bonds. The number of anilines is 1. The Morgan fingerprint density at radius 2 is 2.25 bits per heavy atom. The highest BCUT2D eigenvalue weighted by Crippen LogP contribution is 2.28. The fourth-order valence-corrected chi connectivity index (χ4v) is 1.29. The Bertz CT molecular complexity index is 281. The van der Waals surface area contributed by atoms with Crippen molar-refractivity contribution in [3.8, 4) is 0 Å². The summed E-state index contributed by atoms with van der Waals surface area (Å²) in [6.45, 7) is 1.92. The van der Waals surface area contributed by atoms with Crippen LogP contribution in [0.5, 0.6) is 0 Å². The maximum Gasteiger partial charge on any atom is 0.132 e. The van der Waals surface area contributed by atoms with Crippen LogP contribution < -0.4 is 4.90 Å². The summed E-state index contributed by atoms with van der Waals surface area (Å²) in [5.41, 5.74) is 0. The predicted molar refractivity (Wildman–Crippen MR) is 48.2 cm³/mol. The van der Waals surface area contributed by atoms with Gasteiger partial charge in [-0.25, -0.2) is 9.97 Å². The quantitative estimate of drug-likeness (QED) is 0.659. The van der Waals surface area contributed by atoms with Gasteiger partial charge in [0.05, 0.1) is 0 Å². The molecule has 0 atom stereocenters. The summed E-state index contributed by atoms with van der Waals surface area (Å²) in [7, 11) is 2.10. The number of aromatic nitrogens is 2. The molecule has 1 saturated carbocycles. The lowest BCUT2D eigenvalue weighted by molar-refractivity contribution is 0.874. The van der Waals surface area contributed by atoms with E-state index in [1.165, 1.54) is 12.8 Å². The van der Waals surface area contributed by atoms with E-state index in [1.807, 2.05) is 19.2 Å². The minimum atomic E-state index is 0.722. The zero-order valence-corrected chi connectivity index (χ0v) is 7.49. The van der Waals surface area contributed by atoms with Crippen molar-refractivity contribution in [1.82, 2.24) is 9.97 Å². The summed E-state index contributed by atoms with van der Waals surface area (Å²) in [4.78, 5) is 10.6. The summed E-state index contributed by atoms with van der Waals surface area (Å²) in [5.74, 6) is 1.89. The highest BCUT2D eigenvalue weighted by molar-refractivity contribution is 5.39. The van der Waals surface area contributed by atoms with Crippen molar-refractivity contribution in [2.24, 2.45) is 0 Å². The van der Waals surface area contributed by atoms with Crippen molar-refractivity contribution in [1.29, 1.82) is 0 Å². The van der Waals surface area contributed by atoms with Gasteiger partial charge in [-0.1, -0.05) is 0 Å². The monoisotopic (exact) mass is 163 g/mol. The average Bonchev–Trinajstić information content (AvgIpc) is 2.85. The van der Waals surface area contributed by atoms with Gasteiger partial charge in [0, 0.05) is 19.3 Å². The third-order valence-electron chi connectivity index (χ3n) is 2.22. The SMILES string of the molecule is Cc1nccc(N(C)C2CC2)n1. The first kappa shape index (κ1) is 7.53. The zero-order chi connectivity index (χ0) is 8.55. The molecule has 1 aliphatic rings. The maximum atomic E-state index is 4.35. The van der Waals surface area contributed by atoms with Crippen LogP contribution in [0.4, 0.5) is 5.82 Å². The second-order valence-electron chi connectivity index (χ2n) is 3.30. The summed E-state index contributed by atoms with van der Waals surface area (Å²) in [5, 5.41) is 0. The van der Waals surface area contributed by atoms with Crippen LogP contribution in [0.2, 0.25) is 0 Å². The van der Waals surface area contributed by atoms with Crippen molar-refractivity contribution >= 4 is 5.82 Å². The normalized spacial score (nSPS) is 16.2. The lowest BCUT2D eigenvalue weighted by Gasteiger charge is -2.16. The van der Waals surface area contributed by atoms with E-state index in [0.29, 0.717) is 0 Å². The Labute approximate surface area is 72.4 Å². The van der Waals surface area contributed by atoms with E-state index < -0.39 is 0 Å². The topological polar surface area (TPSA) is 29.0 Å². The third kappa shape index (κ3) is 1.40. The van der Waals surface area contributed by atoms with Gasteiger partial charge in [0.25, 0.3) is 0 Å². The highest BCUT2D eigenvalue weighted by atomic mass is 15.2. The number of rotatable bonds is 2. The largest absolute Gasteiger partial charge is 0.357 e. The molecule has 1 aromatic heterocycles. The first-order chi connectivity index (χ1) is 5.77. The van der Waals surface area contributed by atoms with Crippen LogP contribution in [0.3, 0.4) is 0 Å². The van der Waals surface area contributed by atoms with Crippen LogP contribution in [0.1, 0.15) is 18.7 Å². The van der Waals surface area contributed by atoms with Gasteiger partial charge in [0.1, 0.15) is 11.6 Å². The van der Waals surface area contributed by atoms with E-state index in [9.17, 15) is 0 Å². The Kier molecular flexibility index (Phi) is 1.71. The fourth-order valence-electron chi connectivity index (χ4n) is 1.29. The van der Waals surface area contributed by atoms with E-state index in [0.717, 1.165) is 17.7 Å². The van der Waals surface area contributed by atoms with Crippen LogP contribution in [0.15, 0.2) is 12.3 Å². The second kappa shape index (κ2) is 2.73. The van der Waals surface area contributed by atoms with Gasteiger partial charge >= 0.3 is 0 Å². The summed E-state index contributed by atoms with van der Waals surface area (Å²) >= 11 is 0. The van der Waals surface area contributed by atoms with E-state index in [1.54, 1.807) is 0 Å². The minimum absolute atomic E-state index is 0.722. The van der Waals surface area contributed by atoms with Crippen molar-refractivity contribution in [2.45, 2.75) is 25.8 Å². The van der Waals surface area contributed by atoms with Gasteiger partial charge in [0.2, 0.25) is 0 Å². The average molecular weight is 163 g/mol. The van der Waals surface area contributed by atoms with Crippen molar-refractivity contribution in [3.05, 3.63) is 18.1 Å². The Balaban J connectivity index is 2.20. The zero-order valence-electron chi connectivity index (χ0n) is 7.49. The van der Waals surface area contributed by atoms with Crippen LogP contribution in [0.25, 0.3) is 0 Å². The second-order valence-corrected chi connectivity index (χ2v) is 3.30. The van der Waals surface area contributed by atoms with Gasteiger partial charge in [-0.05, 0) is 25.8 Å². The van der Waals surface area contributed by atoms with Gasteiger partial charge in [-0.3, -0.25) is 0 Å². The standard InChI is InChI=1S/C9H13N3/c1-7-10-6-5-9(11-7)12(2)8-3-4-8/h5-6,8H,3-4H2,1-2H3. The molecular weight excluding hydrogens is 150 g/mol. The van der Waals surface area contributed by atoms with Gasteiger partial charge in [-0.15, -0.1) is 0 Å². The maximum absolute atomic E-state index is 4.35. The van der Waals surface area contributed by atoms with Crippen LogP contribution in [-0.4, -0.2) is 23.1 Å². The molecule has 2 rings (SSSR count). The molecular formula is C9H13N3. The predicted octanol–water partition coefficient (Wildman–Crippen LogP) is 1.38. The molecule has 3 heteroatoms. The van der Waals surface area contributed by atoms with Crippen molar-refractivity contribution < 1.29 is 0 Å². The Morgan fingerprint density at radius 3 is 2.83 bits per heavy atom. The molecule has 1 heterocycles. The molecule has 1 fully saturated rings. The molecule has 0 unspecified atom stereocenters. The van der Waals surface area contributed by atoms with Gasteiger partial charge < -0.3 is 4.90 Å². The lowest BCUT2D eigenvalue weighted by Crippen LogP contribution is -2.20. The molecule has 0 N–H and O–H groups in total. The number of hydrogen-bond donors (Lipinski definition) is 0. The number of nitrogens with zero attached hydrogens (tertiary/aromatic N) is 3. The van der Waals surface area contributed by atoms with Crippen molar-refractivity contribution in [2.75, 3.05) is 11.9 Å². The molecule has 1 aliphatic carbocycles. The van der Waals surface area contributed by atoms with Crippen LogP contribution >= 0.6 is 0 Å².